The van der Waals surface area contributed by atoms with Crippen molar-refractivity contribution in [2.45, 2.75) is 45.2 Å². The summed E-state index contributed by atoms with van der Waals surface area (Å²) in [4.78, 5) is 0. The second-order valence-electron chi connectivity index (χ2n) is 7.01. The molecule has 3 rings (SSSR count). The Morgan fingerprint density at radius 3 is 2.40 bits per heavy atom. The molecule has 1 aromatic carbocycles. The number of rotatable bonds is 4. The van der Waals surface area contributed by atoms with Gasteiger partial charge in [-0.2, -0.15) is 0 Å². The number of benzene rings is 1. The van der Waals surface area contributed by atoms with E-state index in [2.05, 4.69) is 78.4 Å². The van der Waals surface area contributed by atoms with E-state index in [1.807, 2.05) is 0 Å². The minimum absolute atomic E-state index is 0.0195. The van der Waals surface area contributed by atoms with Gasteiger partial charge in [-0.1, -0.05) is 40.2 Å². The van der Waals surface area contributed by atoms with Gasteiger partial charge < -0.3 is 5.32 Å². The van der Waals surface area contributed by atoms with E-state index in [1.54, 1.807) is 0 Å². The van der Waals surface area contributed by atoms with Gasteiger partial charge in [0.05, 0.1) is 0 Å². The van der Waals surface area contributed by atoms with Crippen molar-refractivity contribution in [3.63, 3.8) is 0 Å². The highest BCUT2D eigenvalue weighted by atomic mass is 79.9. The van der Waals surface area contributed by atoms with Gasteiger partial charge >= 0.3 is 0 Å². The topological polar surface area (TPSA) is 12.0 Å². The molecular formula is C18H24BrN. The SMILES string of the molecule is CC(NC(C)(C)c1ccc(Br)cc1)C1CC2C=CC1C2. The molecule has 4 unspecified atom stereocenters. The quantitative estimate of drug-likeness (QED) is 0.774. The molecule has 2 heteroatoms. The summed E-state index contributed by atoms with van der Waals surface area (Å²) in [5.74, 6) is 2.47. The van der Waals surface area contributed by atoms with Crippen molar-refractivity contribution >= 4 is 15.9 Å². The molecule has 20 heavy (non-hydrogen) atoms. The molecule has 1 nitrogen and oxygen atoms in total. The van der Waals surface area contributed by atoms with Crippen molar-refractivity contribution in [2.24, 2.45) is 17.8 Å². The predicted molar refractivity (Wildman–Crippen MR) is 88.6 cm³/mol. The number of allylic oxidation sites excluding steroid dienone is 2. The van der Waals surface area contributed by atoms with Gasteiger partial charge in [0.15, 0.2) is 0 Å². The molecule has 1 aromatic rings. The third-order valence-corrected chi connectivity index (χ3v) is 5.66. The molecule has 4 atom stereocenters. The highest BCUT2D eigenvalue weighted by Crippen LogP contribution is 2.45. The molecule has 0 aliphatic heterocycles. The van der Waals surface area contributed by atoms with E-state index in [-0.39, 0.29) is 5.54 Å². The molecule has 0 aromatic heterocycles. The minimum Gasteiger partial charge on any atom is -0.305 e. The fourth-order valence-corrected chi connectivity index (χ4v) is 4.29. The Kier molecular flexibility index (Phi) is 3.81. The summed E-state index contributed by atoms with van der Waals surface area (Å²) in [6, 6.07) is 9.25. The summed E-state index contributed by atoms with van der Waals surface area (Å²) in [7, 11) is 0. The Labute approximate surface area is 131 Å². The number of hydrogen-bond donors (Lipinski definition) is 1. The maximum Gasteiger partial charge on any atom is 0.0379 e. The molecule has 1 saturated carbocycles. The number of fused-ring (bicyclic) bond motifs is 2. The van der Waals surface area contributed by atoms with E-state index in [9.17, 15) is 0 Å². The summed E-state index contributed by atoms with van der Waals surface area (Å²) < 4.78 is 1.14. The number of nitrogens with one attached hydrogen (secondary N) is 1. The van der Waals surface area contributed by atoms with E-state index in [4.69, 9.17) is 0 Å². The van der Waals surface area contributed by atoms with Crippen LogP contribution in [0.1, 0.15) is 39.2 Å². The van der Waals surface area contributed by atoms with Crippen molar-refractivity contribution in [2.75, 3.05) is 0 Å². The Morgan fingerprint density at radius 2 is 1.85 bits per heavy atom. The summed E-state index contributed by atoms with van der Waals surface area (Å²) in [5.41, 5.74) is 1.37. The molecule has 1 fully saturated rings. The van der Waals surface area contributed by atoms with Gasteiger partial charge in [0.25, 0.3) is 0 Å². The third-order valence-electron chi connectivity index (χ3n) is 5.13. The summed E-state index contributed by atoms with van der Waals surface area (Å²) in [5, 5.41) is 3.87. The van der Waals surface area contributed by atoms with Gasteiger partial charge in [0.2, 0.25) is 0 Å². The second kappa shape index (κ2) is 5.31. The first kappa shape index (κ1) is 14.3. The lowest BCUT2D eigenvalue weighted by Crippen LogP contribution is -2.46. The van der Waals surface area contributed by atoms with Crippen molar-refractivity contribution in [3.8, 4) is 0 Å². The first-order valence-corrected chi connectivity index (χ1v) is 8.47. The molecule has 0 amide bonds. The fourth-order valence-electron chi connectivity index (χ4n) is 4.02. The lowest BCUT2D eigenvalue weighted by Gasteiger charge is -2.35. The lowest BCUT2D eigenvalue weighted by molar-refractivity contribution is 0.257. The van der Waals surface area contributed by atoms with Gasteiger partial charge in [0, 0.05) is 16.1 Å². The van der Waals surface area contributed by atoms with E-state index in [0.29, 0.717) is 6.04 Å². The van der Waals surface area contributed by atoms with Gasteiger partial charge in [-0.05, 0) is 69.1 Å². The van der Waals surface area contributed by atoms with Crippen LogP contribution in [0.15, 0.2) is 40.9 Å². The van der Waals surface area contributed by atoms with Crippen LogP contribution in [0.25, 0.3) is 0 Å². The zero-order valence-electron chi connectivity index (χ0n) is 12.6. The van der Waals surface area contributed by atoms with Crippen molar-refractivity contribution in [1.29, 1.82) is 0 Å². The van der Waals surface area contributed by atoms with Gasteiger partial charge in [0.1, 0.15) is 0 Å². The molecule has 0 spiro atoms. The highest BCUT2D eigenvalue weighted by molar-refractivity contribution is 9.10. The molecule has 2 aliphatic rings. The van der Waals surface area contributed by atoms with Crippen molar-refractivity contribution in [1.82, 2.24) is 5.32 Å². The van der Waals surface area contributed by atoms with E-state index < -0.39 is 0 Å². The normalized spacial score (nSPS) is 29.9. The van der Waals surface area contributed by atoms with Crippen LogP contribution in [0.3, 0.4) is 0 Å². The Morgan fingerprint density at radius 1 is 1.15 bits per heavy atom. The van der Waals surface area contributed by atoms with Crippen LogP contribution >= 0.6 is 15.9 Å². The molecule has 108 valence electrons. The first-order chi connectivity index (χ1) is 9.45. The van der Waals surface area contributed by atoms with E-state index >= 15 is 0 Å². The molecular weight excluding hydrogens is 310 g/mol. The van der Waals surface area contributed by atoms with Crippen molar-refractivity contribution in [3.05, 3.63) is 46.5 Å². The maximum absolute atomic E-state index is 3.87. The largest absolute Gasteiger partial charge is 0.305 e. The average Bonchev–Trinajstić information content (AvgIpc) is 3.01. The summed E-state index contributed by atoms with van der Waals surface area (Å²) in [6.45, 7) is 6.94. The number of hydrogen-bond acceptors (Lipinski definition) is 1. The van der Waals surface area contributed by atoms with Crippen LogP contribution in [-0.4, -0.2) is 6.04 Å². The molecule has 2 aliphatic carbocycles. The highest BCUT2D eigenvalue weighted by Gasteiger charge is 2.39. The van der Waals surface area contributed by atoms with E-state index in [0.717, 1.165) is 22.2 Å². The molecule has 0 saturated heterocycles. The van der Waals surface area contributed by atoms with Crippen LogP contribution in [0.5, 0.6) is 0 Å². The monoisotopic (exact) mass is 333 g/mol. The predicted octanol–water partition coefficient (Wildman–Crippen LogP) is 4.87. The van der Waals surface area contributed by atoms with Crippen LogP contribution in [0, 0.1) is 17.8 Å². The smallest absolute Gasteiger partial charge is 0.0379 e. The first-order valence-electron chi connectivity index (χ1n) is 7.68. The average molecular weight is 334 g/mol. The van der Waals surface area contributed by atoms with Gasteiger partial charge in [-0.25, -0.2) is 0 Å². The Bertz CT molecular complexity index is 503. The van der Waals surface area contributed by atoms with Crippen LogP contribution in [0.4, 0.5) is 0 Å². The molecule has 0 heterocycles. The fraction of sp³-hybridized carbons (Fsp3) is 0.556. The minimum atomic E-state index is 0.0195. The van der Waals surface area contributed by atoms with Crippen molar-refractivity contribution < 1.29 is 0 Å². The maximum atomic E-state index is 3.87. The van der Waals surface area contributed by atoms with E-state index in [1.165, 1.54) is 18.4 Å². The van der Waals surface area contributed by atoms with Gasteiger partial charge in [-0.3, -0.25) is 0 Å². The third kappa shape index (κ3) is 2.73. The molecule has 0 radical (unpaired) electrons. The molecule has 2 bridgehead atoms. The lowest BCUT2D eigenvalue weighted by atomic mass is 9.85. The summed E-state index contributed by atoms with van der Waals surface area (Å²) >= 11 is 3.51. The Hall–Kier alpha value is -0.600. The van der Waals surface area contributed by atoms with Gasteiger partial charge in [-0.15, -0.1) is 0 Å². The number of halogens is 1. The Balaban J connectivity index is 1.69. The molecule has 1 N–H and O–H groups in total. The van der Waals surface area contributed by atoms with Crippen LogP contribution < -0.4 is 5.32 Å². The zero-order chi connectivity index (χ0) is 14.3. The van der Waals surface area contributed by atoms with Crippen LogP contribution in [0.2, 0.25) is 0 Å². The summed E-state index contributed by atoms with van der Waals surface area (Å²) in [6.07, 6.45) is 7.62. The standard InChI is InChI=1S/C18H24BrN/c1-12(17-11-13-4-5-14(17)10-13)20-18(2,3)15-6-8-16(19)9-7-15/h4-9,12-14,17,20H,10-11H2,1-3H3. The zero-order valence-corrected chi connectivity index (χ0v) is 14.2. The second-order valence-corrected chi connectivity index (χ2v) is 7.92. The van der Waals surface area contributed by atoms with Crippen LogP contribution in [-0.2, 0) is 5.54 Å².